The van der Waals surface area contributed by atoms with Gasteiger partial charge in [-0.15, -0.1) is 11.6 Å². The fourth-order valence-electron chi connectivity index (χ4n) is 1.23. The van der Waals surface area contributed by atoms with E-state index in [0.717, 1.165) is 0 Å². The van der Waals surface area contributed by atoms with E-state index < -0.39 is 6.43 Å². The molecule has 1 aliphatic rings. The zero-order chi connectivity index (χ0) is 8.97. The number of ether oxygens (including phenoxy) is 1. The first kappa shape index (κ1) is 10.2. The summed E-state index contributed by atoms with van der Waals surface area (Å²) in [6, 6.07) is 0. The average molecular weight is 200 g/mol. The molecule has 0 radical (unpaired) electrons. The Labute approximate surface area is 75.4 Å². The molecule has 12 heavy (non-hydrogen) atoms. The molecular formula is C7H12ClF2NO. The third kappa shape index (κ3) is 3.21. The lowest BCUT2D eigenvalue weighted by Gasteiger charge is -2.31. The second-order valence-corrected chi connectivity index (χ2v) is 3.11. The molecule has 0 bridgehead atoms. The lowest BCUT2D eigenvalue weighted by atomic mass is 10.3. The number of nitrogens with zero attached hydrogens (tertiary/aromatic N) is 1. The van der Waals surface area contributed by atoms with Crippen LogP contribution in [0.5, 0.6) is 0 Å². The topological polar surface area (TPSA) is 12.5 Å². The SMILES string of the molecule is FC(F)CN1CCOC(CCl)C1. The Kier molecular flexibility index (Phi) is 4.18. The van der Waals surface area contributed by atoms with Crippen LogP contribution < -0.4 is 0 Å². The third-order valence-electron chi connectivity index (χ3n) is 1.79. The van der Waals surface area contributed by atoms with Crippen LogP contribution in [0.2, 0.25) is 0 Å². The van der Waals surface area contributed by atoms with Crippen molar-refractivity contribution in [2.24, 2.45) is 0 Å². The molecule has 0 aromatic heterocycles. The summed E-state index contributed by atoms with van der Waals surface area (Å²) >= 11 is 5.54. The van der Waals surface area contributed by atoms with Gasteiger partial charge in [0.05, 0.1) is 19.3 Å². The summed E-state index contributed by atoms with van der Waals surface area (Å²) < 4.78 is 29.1. The monoisotopic (exact) mass is 199 g/mol. The summed E-state index contributed by atoms with van der Waals surface area (Å²) in [7, 11) is 0. The van der Waals surface area contributed by atoms with Crippen LogP contribution in [0, 0.1) is 0 Å². The second-order valence-electron chi connectivity index (χ2n) is 2.80. The second kappa shape index (κ2) is 4.94. The first-order chi connectivity index (χ1) is 5.72. The minimum absolute atomic E-state index is 0.0841. The van der Waals surface area contributed by atoms with Gasteiger partial charge < -0.3 is 4.74 Å². The van der Waals surface area contributed by atoms with Crippen molar-refractivity contribution in [2.75, 3.05) is 32.1 Å². The quantitative estimate of drug-likeness (QED) is 0.634. The first-order valence-corrected chi connectivity index (χ1v) is 4.44. The molecule has 0 aromatic carbocycles. The normalized spacial score (nSPS) is 26.5. The van der Waals surface area contributed by atoms with E-state index in [4.69, 9.17) is 16.3 Å². The smallest absolute Gasteiger partial charge is 0.251 e. The van der Waals surface area contributed by atoms with Crippen LogP contribution in [0.3, 0.4) is 0 Å². The number of hydrogen-bond acceptors (Lipinski definition) is 2. The molecule has 1 aliphatic heterocycles. The first-order valence-electron chi connectivity index (χ1n) is 3.90. The van der Waals surface area contributed by atoms with Crippen LogP contribution in [-0.4, -0.2) is 49.6 Å². The van der Waals surface area contributed by atoms with Gasteiger partial charge in [-0.05, 0) is 0 Å². The molecule has 0 spiro atoms. The van der Waals surface area contributed by atoms with E-state index in [0.29, 0.717) is 25.6 Å². The zero-order valence-corrected chi connectivity index (χ0v) is 7.44. The van der Waals surface area contributed by atoms with E-state index in [1.54, 1.807) is 4.90 Å². The van der Waals surface area contributed by atoms with E-state index in [1.807, 2.05) is 0 Å². The molecule has 1 rings (SSSR count). The van der Waals surface area contributed by atoms with E-state index in [1.165, 1.54) is 0 Å². The molecule has 0 amide bonds. The van der Waals surface area contributed by atoms with E-state index in [9.17, 15) is 8.78 Å². The molecule has 5 heteroatoms. The van der Waals surface area contributed by atoms with Gasteiger partial charge in [-0.2, -0.15) is 0 Å². The van der Waals surface area contributed by atoms with Crippen molar-refractivity contribution in [3.8, 4) is 0 Å². The summed E-state index contributed by atoms with van der Waals surface area (Å²) in [5.41, 5.74) is 0. The van der Waals surface area contributed by atoms with E-state index >= 15 is 0 Å². The average Bonchev–Trinajstić information content (AvgIpc) is 2.03. The Balaban J connectivity index is 2.25. The number of hydrogen-bond donors (Lipinski definition) is 0. The Hall–Kier alpha value is 0.0700. The molecule has 1 saturated heterocycles. The summed E-state index contributed by atoms with van der Waals surface area (Å²) in [4.78, 5) is 1.68. The fourth-order valence-corrected chi connectivity index (χ4v) is 1.42. The largest absolute Gasteiger partial charge is 0.374 e. The molecule has 0 saturated carbocycles. The van der Waals surface area contributed by atoms with Crippen molar-refractivity contribution in [3.05, 3.63) is 0 Å². The minimum atomic E-state index is -2.26. The van der Waals surface area contributed by atoms with Gasteiger partial charge >= 0.3 is 0 Å². The third-order valence-corrected chi connectivity index (χ3v) is 2.14. The predicted molar refractivity (Wildman–Crippen MR) is 42.9 cm³/mol. The molecule has 1 atom stereocenters. The maximum absolute atomic E-state index is 11.9. The minimum Gasteiger partial charge on any atom is -0.374 e. The van der Waals surface area contributed by atoms with Gasteiger partial charge in [0, 0.05) is 19.0 Å². The van der Waals surface area contributed by atoms with Crippen LogP contribution in [0.25, 0.3) is 0 Å². The fraction of sp³-hybridized carbons (Fsp3) is 1.00. The maximum Gasteiger partial charge on any atom is 0.251 e. The lowest BCUT2D eigenvalue weighted by molar-refractivity contribution is -0.0345. The van der Waals surface area contributed by atoms with E-state index in [2.05, 4.69) is 0 Å². The number of rotatable bonds is 3. The maximum atomic E-state index is 11.9. The molecule has 0 aliphatic carbocycles. The van der Waals surface area contributed by atoms with Crippen molar-refractivity contribution >= 4 is 11.6 Å². The van der Waals surface area contributed by atoms with Gasteiger partial charge in [0.15, 0.2) is 0 Å². The van der Waals surface area contributed by atoms with Crippen LogP contribution in [-0.2, 0) is 4.74 Å². The van der Waals surface area contributed by atoms with Gasteiger partial charge in [-0.1, -0.05) is 0 Å². The van der Waals surface area contributed by atoms with Crippen LogP contribution in [0.4, 0.5) is 8.78 Å². The standard InChI is InChI=1S/C7H12ClF2NO/c8-3-6-4-11(1-2-12-6)5-7(9)10/h6-7H,1-5H2. The van der Waals surface area contributed by atoms with Crippen LogP contribution >= 0.6 is 11.6 Å². The predicted octanol–water partition coefficient (Wildman–Crippen LogP) is 1.19. The summed E-state index contributed by atoms with van der Waals surface area (Å²) in [6.07, 6.45) is -2.35. The lowest BCUT2D eigenvalue weighted by Crippen LogP contribution is -2.45. The van der Waals surface area contributed by atoms with Crippen molar-refractivity contribution < 1.29 is 13.5 Å². The highest BCUT2D eigenvalue weighted by atomic mass is 35.5. The Morgan fingerprint density at radius 1 is 1.58 bits per heavy atom. The molecule has 1 heterocycles. The van der Waals surface area contributed by atoms with Gasteiger partial charge in [0.25, 0.3) is 6.43 Å². The molecule has 0 aromatic rings. The van der Waals surface area contributed by atoms with Crippen molar-refractivity contribution in [3.63, 3.8) is 0 Å². The zero-order valence-electron chi connectivity index (χ0n) is 6.68. The van der Waals surface area contributed by atoms with E-state index in [-0.39, 0.29) is 12.6 Å². The summed E-state index contributed by atoms with van der Waals surface area (Å²) in [5.74, 6) is 0.375. The van der Waals surface area contributed by atoms with Crippen LogP contribution in [0.15, 0.2) is 0 Å². The molecule has 1 fully saturated rings. The van der Waals surface area contributed by atoms with Gasteiger partial charge in [-0.3, -0.25) is 4.90 Å². The molecule has 0 N–H and O–H groups in total. The highest BCUT2D eigenvalue weighted by Crippen LogP contribution is 2.08. The Morgan fingerprint density at radius 2 is 2.33 bits per heavy atom. The molecule has 72 valence electrons. The van der Waals surface area contributed by atoms with Crippen LogP contribution in [0.1, 0.15) is 0 Å². The van der Waals surface area contributed by atoms with Crippen molar-refractivity contribution in [1.29, 1.82) is 0 Å². The van der Waals surface area contributed by atoms with Crippen molar-refractivity contribution in [1.82, 2.24) is 4.90 Å². The Bertz CT molecular complexity index is 137. The molecule has 2 nitrogen and oxygen atoms in total. The summed E-state index contributed by atoms with van der Waals surface area (Å²) in [5, 5.41) is 0. The highest BCUT2D eigenvalue weighted by Gasteiger charge is 2.21. The molecule has 1 unspecified atom stereocenters. The van der Waals surface area contributed by atoms with Gasteiger partial charge in [-0.25, -0.2) is 8.78 Å². The van der Waals surface area contributed by atoms with Crippen molar-refractivity contribution in [2.45, 2.75) is 12.5 Å². The van der Waals surface area contributed by atoms with Gasteiger partial charge in [0.1, 0.15) is 0 Å². The highest BCUT2D eigenvalue weighted by molar-refractivity contribution is 6.18. The van der Waals surface area contributed by atoms with Gasteiger partial charge in [0.2, 0.25) is 0 Å². The molecular weight excluding hydrogens is 188 g/mol. The Morgan fingerprint density at radius 3 is 2.92 bits per heavy atom. The number of alkyl halides is 3. The number of morpholine rings is 1. The number of halogens is 3. The summed E-state index contributed by atoms with van der Waals surface area (Å²) in [6.45, 7) is 1.44.